The van der Waals surface area contributed by atoms with Crippen molar-refractivity contribution in [3.05, 3.63) is 0 Å². The minimum Gasteiger partial charge on any atom is -0.355 e. The Labute approximate surface area is 129 Å². The van der Waals surface area contributed by atoms with Gasteiger partial charge in [0.15, 0.2) is 0 Å². The molecule has 4 nitrogen and oxygen atoms in total. The molecule has 3 unspecified atom stereocenters. The Morgan fingerprint density at radius 2 is 2.10 bits per heavy atom. The van der Waals surface area contributed by atoms with E-state index in [1.165, 1.54) is 12.8 Å². The Balaban J connectivity index is 2.96. The Hall–Kier alpha value is -1.55. The van der Waals surface area contributed by atoms with Crippen LogP contribution in [0.1, 0.15) is 59.8 Å². The van der Waals surface area contributed by atoms with Crippen LogP contribution in [0.25, 0.3) is 0 Å². The second-order valence-corrected chi connectivity index (χ2v) is 6.45. The predicted molar refractivity (Wildman–Crippen MR) is 85.4 cm³/mol. The van der Waals surface area contributed by atoms with Gasteiger partial charge < -0.3 is 4.90 Å². The van der Waals surface area contributed by atoms with Gasteiger partial charge in [0.2, 0.25) is 6.19 Å². The molecule has 21 heavy (non-hydrogen) atoms. The van der Waals surface area contributed by atoms with Crippen molar-refractivity contribution in [1.82, 2.24) is 4.90 Å². The topological polar surface area (TPSA) is 63.2 Å². The Morgan fingerprint density at radius 1 is 1.38 bits per heavy atom. The molecule has 1 heterocycles. The zero-order valence-corrected chi connectivity index (χ0v) is 13.8. The average molecular weight is 288 g/mol. The molecule has 0 amide bonds. The van der Waals surface area contributed by atoms with Crippen LogP contribution < -0.4 is 0 Å². The van der Waals surface area contributed by atoms with Crippen molar-refractivity contribution in [3.63, 3.8) is 0 Å². The van der Waals surface area contributed by atoms with Crippen LogP contribution in [0, 0.1) is 40.5 Å². The summed E-state index contributed by atoms with van der Waals surface area (Å²) in [6.45, 7) is 10.0. The maximum absolute atomic E-state index is 8.98. The molecule has 0 aliphatic carbocycles. The minimum absolute atomic E-state index is 0.224. The number of hydrogen-bond donors (Lipinski definition) is 0. The molecule has 0 N–H and O–H groups in total. The van der Waals surface area contributed by atoms with Gasteiger partial charge in [-0.2, -0.15) is 15.5 Å². The van der Waals surface area contributed by atoms with Gasteiger partial charge in [-0.3, -0.25) is 0 Å². The van der Waals surface area contributed by atoms with E-state index < -0.39 is 0 Å². The third-order valence-electron chi connectivity index (χ3n) is 4.97. The fourth-order valence-corrected chi connectivity index (χ4v) is 3.50. The van der Waals surface area contributed by atoms with Gasteiger partial charge in [-0.05, 0) is 43.9 Å². The van der Waals surface area contributed by atoms with E-state index in [9.17, 15) is 0 Å². The van der Waals surface area contributed by atoms with Gasteiger partial charge in [-0.1, -0.05) is 27.2 Å². The number of aliphatic imine (C=N–C) groups is 1. The molecule has 0 radical (unpaired) electrons. The molecule has 116 valence electrons. The van der Waals surface area contributed by atoms with Crippen molar-refractivity contribution >= 4 is 5.84 Å². The second-order valence-electron chi connectivity index (χ2n) is 6.45. The number of rotatable bonds is 3. The van der Waals surface area contributed by atoms with E-state index in [1.54, 1.807) is 0 Å². The molecule has 4 heteroatoms. The fourth-order valence-electron chi connectivity index (χ4n) is 3.50. The first-order chi connectivity index (χ1) is 10.0. The Kier molecular flexibility index (Phi) is 7.23. The third-order valence-corrected chi connectivity index (χ3v) is 4.97. The van der Waals surface area contributed by atoms with Gasteiger partial charge in [0.1, 0.15) is 5.84 Å². The molecular weight excluding hydrogens is 260 g/mol. The standard InChI is InChI=1S/C17H28N4/c1-5-15-11-16(13(2)3)7-6-10-21(14(15)4)17(8-9-18)20-12-19/h13-16H,5-8,10-11H2,1-4H3. The normalized spacial score (nSPS) is 27.7. The molecule has 1 saturated heterocycles. The summed E-state index contributed by atoms with van der Waals surface area (Å²) in [4.78, 5) is 6.11. The highest BCUT2D eigenvalue weighted by molar-refractivity contribution is 5.85. The first-order valence-corrected chi connectivity index (χ1v) is 8.14. The van der Waals surface area contributed by atoms with Crippen molar-refractivity contribution in [3.8, 4) is 12.3 Å². The number of nitrogens with zero attached hydrogens (tertiary/aromatic N) is 4. The van der Waals surface area contributed by atoms with Crippen LogP contribution in [0.3, 0.4) is 0 Å². The van der Waals surface area contributed by atoms with Crippen molar-refractivity contribution in [1.29, 1.82) is 10.5 Å². The summed E-state index contributed by atoms with van der Waals surface area (Å²) in [6.07, 6.45) is 6.79. The smallest absolute Gasteiger partial charge is 0.207 e. The fraction of sp³-hybridized carbons (Fsp3) is 0.824. The lowest BCUT2D eigenvalue weighted by atomic mass is 9.78. The lowest BCUT2D eigenvalue weighted by molar-refractivity contribution is 0.150. The van der Waals surface area contributed by atoms with Crippen LogP contribution in [-0.4, -0.2) is 23.3 Å². The minimum atomic E-state index is 0.224. The van der Waals surface area contributed by atoms with Crippen molar-refractivity contribution in [2.75, 3.05) is 6.54 Å². The number of nitriles is 2. The first-order valence-electron chi connectivity index (χ1n) is 8.14. The maximum Gasteiger partial charge on any atom is 0.207 e. The average Bonchev–Trinajstić information content (AvgIpc) is 2.43. The van der Waals surface area contributed by atoms with Gasteiger partial charge in [0, 0.05) is 12.6 Å². The number of hydrogen-bond acceptors (Lipinski definition) is 3. The largest absolute Gasteiger partial charge is 0.355 e. The molecular formula is C17H28N4. The monoisotopic (exact) mass is 288 g/mol. The van der Waals surface area contributed by atoms with E-state index in [4.69, 9.17) is 10.5 Å². The van der Waals surface area contributed by atoms with E-state index >= 15 is 0 Å². The SMILES string of the molecule is CCC1CC(C(C)C)CCCN(C(CC#N)=NC#N)C1C. The molecule has 0 aromatic rings. The Bertz CT molecular complexity index is 427. The van der Waals surface area contributed by atoms with E-state index in [2.05, 4.69) is 43.7 Å². The zero-order chi connectivity index (χ0) is 15.8. The molecule has 3 atom stereocenters. The third kappa shape index (κ3) is 4.74. The molecule has 1 aliphatic rings. The first kappa shape index (κ1) is 17.5. The molecule has 0 bridgehead atoms. The van der Waals surface area contributed by atoms with Gasteiger partial charge >= 0.3 is 0 Å². The van der Waals surface area contributed by atoms with Crippen LogP contribution in [0.4, 0.5) is 0 Å². The van der Waals surface area contributed by atoms with Crippen molar-refractivity contribution < 1.29 is 0 Å². The lowest BCUT2D eigenvalue weighted by Crippen LogP contribution is -2.45. The second kappa shape index (κ2) is 8.67. The number of likely N-dealkylation sites (tertiary alicyclic amines) is 1. The molecule has 1 fully saturated rings. The molecule has 1 aliphatic heterocycles. The van der Waals surface area contributed by atoms with Crippen LogP contribution in [0.5, 0.6) is 0 Å². The molecule has 0 spiro atoms. The highest BCUT2D eigenvalue weighted by Crippen LogP contribution is 2.33. The van der Waals surface area contributed by atoms with Crippen molar-refractivity contribution in [2.24, 2.45) is 22.7 Å². The summed E-state index contributed by atoms with van der Waals surface area (Å²) in [5.41, 5.74) is 0. The van der Waals surface area contributed by atoms with Gasteiger partial charge in [-0.25, -0.2) is 0 Å². The van der Waals surface area contributed by atoms with Crippen LogP contribution in [0.15, 0.2) is 4.99 Å². The van der Waals surface area contributed by atoms with E-state index in [1.807, 2.05) is 6.19 Å². The summed E-state index contributed by atoms with van der Waals surface area (Å²) in [7, 11) is 0. The highest BCUT2D eigenvalue weighted by Gasteiger charge is 2.30. The van der Waals surface area contributed by atoms with E-state index in [0.29, 0.717) is 17.8 Å². The quantitative estimate of drug-likeness (QED) is 0.448. The Morgan fingerprint density at radius 3 is 2.62 bits per heavy atom. The van der Waals surface area contributed by atoms with Gasteiger partial charge in [0.25, 0.3) is 0 Å². The predicted octanol–water partition coefficient (Wildman–Crippen LogP) is 3.95. The molecule has 1 rings (SSSR count). The highest BCUT2D eigenvalue weighted by atomic mass is 15.2. The lowest BCUT2D eigenvalue weighted by Gasteiger charge is -2.40. The van der Waals surface area contributed by atoms with Crippen molar-refractivity contribution in [2.45, 2.75) is 65.8 Å². The van der Waals surface area contributed by atoms with Crippen LogP contribution in [0.2, 0.25) is 0 Å². The van der Waals surface area contributed by atoms with Gasteiger partial charge in [-0.15, -0.1) is 0 Å². The molecule has 0 aromatic carbocycles. The number of amidine groups is 1. The summed E-state index contributed by atoms with van der Waals surface area (Å²) in [5, 5.41) is 17.8. The van der Waals surface area contributed by atoms with Crippen LogP contribution in [-0.2, 0) is 0 Å². The summed E-state index contributed by atoms with van der Waals surface area (Å²) < 4.78 is 0. The molecule has 0 saturated carbocycles. The summed E-state index contributed by atoms with van der Waals surface area (Å²) in [5.74, 6) is 2.75. The van der Waals surface area contributed by atoms with E-state index in [0.717, 1.165) is 31.2 Å². The maximum atomic E-state index is 8.98. The summed E-state index contributed by atoms with van der Waals surface area (Å²) in [6, 6.07) is 2.49. The van der Waals surface area contributed by atoms with Gasteiger partial charge in [0.05, 0.1) is 12.5 Å². The van der Waals surface area contributed by atoms with Crippen LogP contribution >= 0.6 is 0 Å². The molecule has 0 aromatic heterocycles. The zero-order valence-electron chi connectivity index (χ0n) is 13.8. The summed E-state index contributed by atoms with van der Waals surface area (Å²) >= 11 is 0. The van der Waals surface area contributed by atoms with E-state index in [-0.39, 0.29) is 6.42 Å².